The monoisotopic (exact) mass is 364 g/mol. The number of anilines is 1. The van der Waals surface area contributed by atoms with Gasteiger partial charge in [0.2, 0.25) is 11.8 Å². The topological polar surface area (TPSA) is 77.0 Å². The second-order valence-corrected chi connectivity index (χ2v) is 7.70. The van der Waals surface area contributed by atoms with Gasteiger partial charge in [-0.3, -0.25) is 0 Å². The van der Waals surface area contributed by atoms with Crippen LogP contribution in [0.25, 0.3) is 0 Å². The summed E-state index contributed by atoms with van der Waals surface area (Å²) in [5.41, 5.74) is 0.367. The SMILES string of the molecule is Cc1cc(O[C@H]2CCN(C(=O)OC(C)(C)C)C2)nc(N2CCOCC2)n1. The Labute approximate surface area is 154 Å². The van der Waals surface area contributed by atoms with Gasteiger partial charge < -0.3 is 24.0 Å². The van der Waals surface area contributed by atoms with Crippen molar-refractivity contribution in [1.29, 1.82) is 0 Å². The molecule has 26 heavy (non-hydrogen) atoms. The molecule has 0 bridgehead atoms. The van der Waals surface area contributed by atoms with Crippen LogP contribution in [0.2, 0.25) is 0 Å². The molecule has 0 aromatic carbocycles. The summed E-state index contributed by atoms with van der Waals surface area (Å²) in [5, 5.41) is 0. The first kappa shape index (κ1) is 18.7. The smallest absolute Gasteiger partial charge is 0.410 e. The number of carbonyl (C=O) groups is 1. The van der Waals surface area contributed by atoms with Gasteiger partial charge in [-0.2, -0.15) is 4.98 Å². The van der Waals surface area contributed by atoms with Gasteiger partial charge in [-0.25, -0.2) is 9.78 Å². The van der Waals surface area contributed by atoms with Crippen molar-refractivity contribution < 1.29 is 19.0 Å². The maximum Gasteiger partial charge on any atom is 0.410 e. The van der Waals surface area contributed by atoms with E-state index in [2.05, 4.69) is 14.9 Å². The highest BCUT2D eigenvalue weighted by molar-refractivity contribution is 5.68. The van der Waals surface area contributed by atoms with E-state index in [9.17, 15) is 4.79 Å². The molecule has 3 heterocycles. The van der Waals surface area contributed by atoms with Crippen LogP contribution in [0, 0.1) is 6.92 Å². The molecule has 1 amide bonds. The molecule has 0 aliphatic carbocycles. The van der Waals surface area contributed by atoms with Gasteiger partial charge in [0, 0.05) is 37.8 Å². The van der Waals surface area contributed by atoms with Crippen molar-refractivity contribution in [3.05, 3.63) is 11.8 Å². The third-order valence-electron chi connectivity index (χ3n) is 4.20. The summed E-state index contributed by atoms with van der Waals surface area (Å²) in [5.74, 6) is 1.22. The number of rotatable bonds is 3. The van der Waals surface area contributed by atoms with Crippen molar-refractivity contribution in [2.24, 2.45) is 0 Å². The molecule has 2 saturated heterocycles. The van der Waals surface area contributed by atoms with E-state index >= 15 is 0 Å². The summed E-state index contributed by atoms with van der Waals surface area (Å²) in [6.07, 6.45) is 0.376. The van der Waals surface area contributed by atoms with Crippen molar-refractivity contribution in [3.8, 4) is 5.88 Å². The fourth-order valence-electron chi connectivity index (χ4n) is 2.98. The molecule has 0 radical (unpaired) electrons. The van der Waals surface area contributed by atoms with Crippen LogP contribution in [0.1, 0.15) is 32.9 Å². The highest BCUT2D eigenvalue weighted by Gasteiger charge is 2.31. The fraction of sp³-hybridized carbons (Fsp3) is 0.722. The number of aryl methyl sites for hydroxylation is 1. The van der Waals surface area contributed by atoms with E-state index < -0.39 is 5.60 Å². The molecule has 1 aromatic heterocycles. The number of likely N-dealkylation sites (tertiary alicyclic amines) is 1. The van der Waals surface area contributed by atoms with Crippen molar-refractivity contribution in [2.75, 3.05) is 44.3 Å². The molecular formula is C18H28N4O4. The lowest BCUT2D eigenvalue weighted by Gasteiger charge is -2.27. The molecule has 0 spiro atoms. The third-order valence-corrected chi connectivity index (χ3v) is 4.20. The zero-order chi connectivity index (χ0) is 18.7. The largest absolute Gasteiger partial charge is 0.472 e. The number of nitrogens with zero attached hydrogens (tertiary/aromatic N) is 4. The minimum Gasteiger partial charge on any atom is -0.472 e. The maximum atomic E-state index is 12.2. The number of carbonyl (C=O) groups excluding carboxylic acids is 1. The lowest BCUT2D eigenvalue weighted by molar-refractivity contribution is 0.0275. The van der Waals surface area contributed by atoms with E-state index in [0.29, 0.717) is 38.1 Å². The Bertz CT molecular complexity index is 641. The zero-order valence-corrected chi connectivity index (χ0v) is 16.0. The Balaban J connectivity index is 1.61. The number of hydrogen-bond donors (Lipinski definition) is 0. The summed E-state index contributed by atoms with van der Waals surface area (Å²) in [7, 11) is 0. The summed E-state index contributed by atoms with van der Waals surface area (Å²) in [6, 6.07) is 1.83. The molecule has 0 N–H and O–H groups in total. The quantitative estimate of drug-likeness (QED) is 0.812. The zero-order valence-electron chi connectivity index (χ0n) is 16.0. The standard InChI is InChI=1S/C18H28N4O4/c1-13-11-15(20-16(19-13)21-7-9-24-10-8-21)25-14-5-6-22(12-14)17(23)26-18(2,3)4/h11,14H,5-10,12H2,1-4H3/t14-/m0/s1. The summed E-state index contributed by atoms with van der Waals surface area (Å²) in [6.45, 7) is 11.6. The highest BCUT2D eigenvalue weighted by atomic mass is 16.6. The highest BCUT2D eigenvalue weighted by Crippen LogP contribution is 2.22. The van der Waals surface area contributed by atoms with Gasteiger partial charge in [0.15, 0.2) is 0 Å². The Kier molecular flexibility index (Phi) is 5.50. The first-order chi connectivity index (χ1) is 12.3. The molecule has 2 fully saturated rings. The molecule has 0 saturated carbocycles. The molecule has 3 rings (SSSR count). The fourth-order valence-corrected chi connectivity index (χ4v) is 2.98. The molecule has 2 aliphatic rings. The Morgan fingerprint density at radius 2 is 1.96 bits per heavy atom. The number of aromatic nitrogens is 2. The predicted molar refractivity (Wildman–Crippen MR) is 96.6 cm³/mol. The van der Waals surface area contributed by atoms with Gasteiger partial charge in [0.05, 0.1) is 19.8 Å². The van der Waals surface area contributed by atoms with Gasteiger partial charge in [-0.05, 0) is 27.7 Å². The van der Waals surface area contributed by atoms with E-state index in [1.165, 1.54) is 0 Å². The van der Waals surface area contributed by atoms with Gasteiger partial charge in [0.1, 0.15) is 11.7 Å². The number of morpholine rings is 1. The Morgan fingerprint density at radius 1 is 1.23 bits per heavy atom. The average Bonchev–Trinajstić information content (AvgIpc) is 3.02. The minimum atomic E-state index is -0.493. The normalized spacial score (nSPS) is 21.0. The maximum absolute atomic E-state index is 12.2. The van der Waals surface area contributed by atoms with Crippen molar-refractivity contribution in [2.45, 2.75) is 45.8 Å². The minimum absolute atomic E-state index is 0.0886. The van der Waals surface area contributed by atoms with Crippen LogP contribution in [-0.2, 0) is 9.47 Å². The van der Waals surface area contributed by atoms with Crippen molar-refractivity contribution in [3.63, 3.8) is 0 Å². The summed E-state index contributed by atoms with van der Waals surface area (Å²) < 4.78 is 16.8. The molecule has 2 aliphatic heterocycles. The van der Waals surface area contributed by atoms with Crippen molar-refractivity contribution in [1.82, 2.24) is 14.9 Å². The number of hydrogen-bond acceptors (Lipinski definition) is 7. The second-order valence-electron chi connectivity index (χ2n) is 7.70. The first-order valence-corrected chi connectivity index (χ1v) is 9.13. The van der Waals surface area contributed by atoms with Crippen molar-refractivity contribution >= 4 is 12.0 Å². The van der Waals surface area contributed by atoms with Gasteiger partial charge in [0.25, 0.3) is 0 Å². The molecule has 8 heteroatoms. The predicted octanol–water partition coefficient (Wildman–Crippen LogP) is 2.01. The average molecular weight is 364 g/mol. The molecular weight excluding hydrogens is 336 g/mol. The van der Waals surface area contributed by atoms with E-state index in [4.69, 9.17) is 14.2 Å². The van der Waals surface area contributed by atoms with Gasteiger partial charge >= 0.3 is 6.09 Å². The van der Waals surface area contributed by atoms with E-state index in [-0.39, 0.29) is 12.2 Å². The van der Waals surface area contributed by atoms with Crippen LogP contribution < -0.4 is 9.64 Å². The second kappa shape index (κ2) is 7.65. The first-order valence-electron chi connectivity index (χ1n) is 9.13. The summed E-state index contributed by atoms with van der Waals surface area (Å²) >= 11 is 0. The van der Waals surface area contributed by atoms with Crippen LogP contribution in [-0.4, -0.2) is 72.1 Å². The molecule has 1 aromatic rings. The molecule has 0 unspecified atom stereocenters. The summed E-state index contributed by atoms with van der Waals surface area (Å²) in [4.78, 5) is 25.0. The lowest BCUT2D eigenvalue weighted by atomic mass is 10.2. The number of amides is 1. The molecule has 1 atom stereocenters. The van der Waals surface area contributed by atoms with Gasteiger partial charge in [-0.15, -0.1) is 0 Å². The van der Waals surface area contributed by atoms with Gasteiger partial charge in [-0.1, -0.05) is 0 Å². The number of ether oxygens (including phenoxy) is 3. The van der Waals surface area contributed by atoms with E-state index in [1.807, 2.05) is 33.8 Å². The van der Waals surface area contributed by atoms with Crippen LogP contribution >= 0.6 is 0 Å². The third kappa shape index (κ3) is 4.97. The van der Waals surface area contributed by atoms with Crippen LogP contribution in [0.15, 0.2) is 6.07 Å². The van der Waals surface area contributed by atoms with E-state index in [1.54, 1.807) is 4.90 Å². The van der Waals surface area contributed by atoms with Crippen LogP contribution in [0.5, 0.6) is 5.88 Å². The molecule has 144 valence electrons. The van der Waals surface area contributed by atoms with Crippen LogP contribution in [0.4, 0.5) is 10.7 Å². The molecule has 8 nitrogen and oxygen atoms in total. The Hall–Kier alpha value is -2.09. The Morgan fingerprint density at radius 3 is 2.65 bits per heavy atom. The lowest BCUT2D eigenvalue weighted by Crippen LogP contribution is -2.37. The van der Waals surface area contributed by atoms with E-state index in [0.717, 1.165) is 25.2 Å². The van der Waals surface area contributed by atoms with Crippen LogP contribution in [0.3, 0.4) is 0 Å².